The summed E-state index contributed by atoms with van der Waals surface area (Å²) < 4.78 is 46.2. The van der Waals surface area contributed by atoms with Gasteiger partial charge in [-0.3, -0.25) is 9.59 Å². The largest absolute Gasteiger partial charge is 0.477 e. The van der Waals surface area contributed by atoms with Gasteiger partial charge in [-0.15, -0.1) is 0 Å². The Morgan fingerprint density at radius 2 is 1.31 bits per heavy atom. The van der Waals surface area contributed by atoms with Gasteiger partial charge in [0.25, 0.3) is 5.79 Å². The van der Waals surface area contributed by atoms with E-state index in [-0.39, 0.29) is 6.61 Å². The molecule has 4 fully saturated rings. The van der Waals surface area contributed by atoms with Gasteiger partial charge in [-0.25, -0.2) is 4.79 Å². The first-order valence-electron chi connectivity index (χ1n) is 20.2. The molecule has 2 amide bonds. The minimum absolute atomic E-state index is 0.227. The Hall–Kier alpha value is -2.13. The molecular weight excluding hydrogens is 856 g/mol. The molecule has 0 bridgehead atoms. The number of carboxylic acids is 1. The lowest BCUT2D eigenvalue weighted by molar-refractivity contribution is -0.386. The molecule has 0 saturated carbocycles. The number of rotatable bonds is 18. The van der Waals surface area contributed by atoms with Crippen molar-refractivity contribution < 1.29 is 114 Å². The molecule has 4 rings (SSSR count). The number of aliphatic hydroxyl groups excluding tert-OH is 11. The van der Waals surface area contributed by atoms with Crippen molar-refractivity contribution in [3.05, 3.63) is 0 Å². The minimum Gasteiger partial charge on any atom is -0.477 e. The maximum Gasteiger partial charge on any atom is 0.364 e. The van der Waals surface area contributed by atoms with E-state index in [4.69, 9.17) is 37.9 Å². The van der Waals surface area contributed by atoms with E-state index < -0.39 is 180 Å². The number of ether oxygens (including phenoxy) is 8. The molecule has 0 aromatic carbocycles. The molecule has 0 aromatic heterocycles. The van der Waals surface area contributed by atoms with E-state index in [1.54, 1.807) is 0 Å². The molecule has 4 aliphatic rings. The summed E-state index contributed by atoms with van der Waals surface area (Å²) >= 11 is 0. The third-order valence-corrected chi connectivity index (χ3v) is 12.8. The van der Waals surface area contributed by atoms with Crippen LogP contribution in [0.3, 0.4) is 0 Å². The van der Waals surface area contributed by atoms with E-state index >= 15 is 0 Å². The highest BCUT2D eigenvalue weighted by Gasteiger charge is 2.60. The molecule has 360 valence electrons. The van der Waals surface area contributed by atoms with Crippen molar-refractivity contribution in [3.63, 3.8) is 0 Å². The zero-order valence-electron chi connectivity index (χ0n) is 35.1. The van der Waals surface area contributed by atoms with E-state index in [9.17, 15) is 75.7 Å². The first kappa shape index (κ1) is 52.5. The summed E-state index contributed by atoms with van der Waals surface area (Å²) in [5, 5.41) is 134. The number of carbonyl (C=O) groups excluding carboxylic acids is 2. The standard InChI is InChI=1S/C36H64N2O23Si/c1-13-22(46)30(26(50)33(55-13)54-7-8-62(4,5)6)59-32-21(38-15(3)43)25(49)28(19(12-41)57-32)58-34-27(51)31(24(48)18(11-40)56-34)61-36(35(52)53)9-16(44)20(37-14(2)42)29(60-36)23(47)17(45)10-39/h13,16-34,39-41,44-51H,7-12H2,1-6H3,(H,37,42)(H,38,43)(H,52,53)/t13-,16-,17+,18+,19+,20+,21+,22+,23+,24-,25+,26-,27+,28+,29+,30+,31-,32-,33+,34-,36-/m0/s1. The second-order valence-corrected chi connectivity index (χ2v) is 22.8. The number of carbonyl (C=O) groups is 3. The van der Waals surface area contributed by atoms with Gasteiger partial charge < -0.3 is 110 Å². The van der Waals surface area contributed by atoms with E-state index in [0.29, 0.717) is 6.04 Å². The Kier molecular flexibility index (Phi) is 18.5. The zero-order chi connectivity index (χ0) is 46.6. The molecule has 4 aliphatic heterocycles. The number of nitrogens with one attached hydrogen (secondary N) is 2. The van der Waals surface area contributed by atoms with Crippen LogP contribution in [0.1, 0.15) is 27.2 Å². The SMILES string of the molecule is CC(=O)N[C@H]1[C@H](O[C@H]2[C@H](O)[C@H](OCC[Si](C)(C)C)O[C@@H](C)[C@H]2O)O[C@H](CO)[C@@H](O[C@@H]2O[C@H](CO)[C@H](O)[C@H](O[C@]3(C(=O)O)C[C@H](O)[C@@H](NC(C)=O)[C@H]([C@H](O)[C@H](O)CO)O3)[C@H]2O)[C@@H]1O. The van der Waals surface area contributed by atoms with Crippen molar-refractivity contribution in [1.29, 1.82) is 0 Å². The Balaban J connectivity index is 1.61. The van der Waals surface area contributed by atoms with Gasteiger partial charge in [0.2, 0.25) is 11.8 Å². The summed E-state index contributed by atoms with van der Waals surface area (Å²) in [5.41, 5.74) is 0. The molecule has 0 unspecified atom stereocenters. The third-order valence-electron chi connectivity index (χ3n) is 11.1. The molecule has 4 saturated heterocycles. The zero-order valence-corrected chi connectivity index (χ0v) is 36.1. The van der Waals surface area contributed by atoms with Crippen LogP contribution in [0.25, 0.3) is 0 Å². The molecule has 25 nitrogen and oxygen atoms in total. The Morgan fingerprint density at radius 1 is 0.742 bits per heavy atom. The topological polar surface area (TPSA) is 392 Å². The van der Waals surface area contributed by atoms with Crippen molar-refractivity contribution in [2.75, 3.05) is 26.4 Å². The van der Waals surface area contributed by atoms with E-state index in [1.807, 2.05) is 0 Å². The summed E-state index contributed by atoms with van der Waals surface area (Å²) in [5.74, 6) is -6.61. The molecular formula is C36H64N2O23Si. The molecule has 0 spiro atoms. The third kappa shape index (κ3) is 12.2. The molecule has 0 aromatic rings. The van der Waals surface area contributed by atoms with Crippen molar-refractivity contribution in [2.24, 2.45) is 0 Å². The number of carboxylic acid groups (broad SMARTS) is 1. The lowest BCUT2D eigenvalue weighted by Crippen LogP contribution is -2.71. The number of hydrogen-bond acceptors (Lipinski definition) is 22. The van der Waals surface area contributed by atoms with Gasteiger partial charge in [-0.2, -0.15) is 0 Å². The fourth-order valence-corrected chi connectivity index (χ4v) is 8.33. The number of aliphatic hydroxyl groups is 11. The van der Waals surface area contributed by atoms with Crippen LogP contribution in [-0.4, -0.2) is 242 Å². The van der Waals surface area contributed by atoms with E-state index in [0.717, 1.165) is 13.8 Å². The Bertz CT molecular complexity index is 1480. The minimum atomic E-state index is -3.10. The maximum atomic E-state index is 12.9. The first-order chi connectivity index (χ1) is 28.9. The molecule has 14 N–H and O–H groups in total. The average molecular weight is 921 g/mol. The first-order valence-corrected chi connectivity index (χ1v) is 23.9. The van der Waals surface area contributed by atoms with Crippen LogP contribution in [-0.2, 0) is 52.3 Å². The number of hydrogen-bond donors (Lipinski definition) is 14. The fraction of sp³-hybridized carbons (Fsp3) is 0.917. The van der Waals surface area contributed by atoms with Crippen LogP contribution in [0.5, 0.6) is 0 Å². The molecule has 26 heteroatoms. The molecule has 4 heterocycles. The van der Waals surface area contributed by atoms with Crippen LogP contribution >= 0.6 is 0 Å². The normalized spacial score (nSPS) is 42.7. The van der Waals surface area contributed by atoms with Crippen LogP contribution in [0.15, 0.2) is 0 Å². The van der Waals surface area contributed by atoms with Crippen LogP contribution in [0.2, 0.25) is 25.7 Å². The number of aliphatic carboxylic acids is 1. The Labute approximate surface area is 357 Å². The van der Waals surface area contributed by atoms with Gasteiger partial charge in [-0.05, 0) is 13.0 Å². The highest BCUT2D eigenvalue weighted by molar-refractivity contribution is 6.76. The molecule has 0 aliphatic carbocycles. The van der Waals surface area contributed by atoms with Crippen LogP contribution in [0, 0.1) is 0 Å². The summed E-state index contributed by atoms with van der Waals surface area (Å²) in [6.07, 6.45) is -33.4. The second-order valence-electron chi connectivity index (χ2n) is 17.2. The van der Waals surface area contributed by atoms with Gasteiger partial charge in [0, 0.05) is 34.9 Å². The van der Waals surface area contributed by atoms with Gasteiger partial charge >= 0.3 is 5.97 Å². The molecule has 0 radical (unpaired) electrons. The van der Waals surface area contributed by atoms with Gasteiger partial charge in [-0.1, -0.05) is 19.6 Å². The summed E-state index contributed by atoms with van der Waals surface area (Å²) in [4.78, 5) is 37.3. The van der Waals surface area contributed by atoms with E-state index in [1.165, 1.54) is 6.92 Å². The van der Waals surface area contributed by atoms with E-state index in [2.05, 4.69) is 30.3 Å². The summed E-state index contributed by atoms with van der Waals surface area (Å²) in [7, 11) is -1.57. The van der Waals surface area contributed by atoms with Gasteiger partial charge in [0.15, 0.2) is 18.9 Å². The Morgan fingerprint density at radius 3 is 1.85 bits per heavy atom. The lowest BCUT2D eigenvalue weighted by Gasteiger charge is -2.51. The predicted octanol–water partition coefficient (Wildman–Crippen LogP) is -6.87. The monoisotopic (exact) mass is 920 g/mol. The van der Waals surface area contributed by atoms with Crippen molar-refractivity contribution in [2.45, 2.75) is 181 Å². The average Bonchev–Trinajstić information content (AvgIpc) is 3.19. The molecule has 62 heavy (non-hydrogen) atoms. The van der Waals surface area contributed by atoms with Crippen molar-refractivity contribution in [3.8, 4) is 0 Å². The summed E-state index contributed by atoms with van der Waals surface area (Å²) in [6.45, 7) is 7.14. The highest BCUT2D eigenvalue weighted by atomic mass is 28.3. The lowest BCUT2D eigenvalue weighted by atomic mass is 9.88. The predicted molar refractivity (Wildman–Crippen MR) is 205 cm³/mol. The fourth-order valence-electron chi connectivity index (χ4n) is 7.60. The van der Waals surface area contributed by atoms with Gasteiger partial charge in [0.05, 0.1) is 38.1 Å². The van der Waals surface area contributed by atoms with Crippen molar-refractivity contribution >= 4 is 25.9 Å². The van der Waals surface area contributed by atoms with Crippen LogP contribution < -0.4 is 10.6 Å². The highest BCUT2D eigenvalue weighted by Crippen LogP contribution is 2.39. The van der Waals surface area contributed by atoms with Crippen molar-refractivity contribution in [1.82, 2.24) is 10.6 Å². The molecule has 21 atom stereocenters. The summed E-state index contributed by atoms with van der Waals surface area (Å²) in [6, 6.07) is -2.47. The quantitative estimate of drug-likeness (QED) is 0.0568. The second kappa shape index (κ2) is 21.9. The van der Waals surface area contributed by atoms with Gasteiger partial charge in [0.1, 0.15) is 85.4 Å². The number of amides is 2. The van der Waals surface area contributed by atoms with Crippen LogP contribution in [0.4, 0.5) is 0 Å². The maximum absolute atomic E-state index is 12.9. The smallest absolute Gasteiger partial charge is 0.364 e.